The van der Waals surface area contributed by atoms with Crippen LogP contribution in [0.15, 0.2) is 101 Å². The van der Waals surface area contributed by atoms with E-state index in [-0.39, 0.29) is 29.4 Å². The van der Waals surface area contributed by atoms with Crippen molar-refractivity contribution in [2.75, 3.05) is 25.0 Å². The SMILES string of the molecule is O=C(Nc1ccccc1)[C@@H]1CN(S(=O)(=O)c2ccccc2)CCN1S(=O)(=O)c1ccccc1. The number of amides is 1. The minimum atomic E-state index is -4.03. The van der Waals surface area contributed by atoms with Crippen LogP contribution in [-0.4, -0.2) is 57.0 Å². The highest BCUT2D eigenvalue weighted by Crippen LogP contribution is 2.26. The first kappa shape index (κ1) is 23.1. The topological polar surface area (TPSA) is 104 Å². The number of hydrogen-bond acceptors (Lipinski definition) is 5. The van der Waals surface area contributed by atoms with Crippen molar-refractivity contribution in [1.82, 2.24) is 8.61 Å². The molecule has 1 amide bonds. The van der Waals surface area contributed by atoms with Crippen molar-refractivity contribution in [2.45, 2.75) is 15.8 Å². The van der Waals surface area contributed by atoms with Crippen LogP contribution in [0.3, 0.4) is 0 Å². The fraction of sp³-hybridized carbons (Fsp3) is 0.174. The average Bonchev–Trinajstić information content (AvgIpc) is 2.85. The van der Waals surface area contributed by atoms with Crippen LogP contribution in [0.1, 0.15) is 0 Å². The highest BCUT2D eigenvalue weighted by molar-refractivity contribution is 7.89. The molecule has 1 aliphatic heterocycles. The van der Waals surface area contributed by atoms with Crippen LogP contribution >= 0.6 is 0 Å². The zero-order valence-electron chi connectivity index (χ0n) is 17.6. The van der Waals surface area contributed by atoms with Crippen LogP contribution in [0.2, 0.25) is 0 Å². The maximum Gasteiger partial charge on any atom is 0.244 e. The molecule has 0 radical (unpaired) electrons. The zero-order chi connectivity index (χ0) is 23.5. The molecule has 0 aromatic heterocycles. The van der Waals surface area contributed by atoms with Crippen LogP contribution in [0.4, 0.5) is 5.69 Å². The van der Waals surface area contributed by atoms with Gasteiger partial charge in [0.15, 0.2) is 0 Å². The molecule has 3 aromatic carbocycles. The molecule has 172 valence electrons. The number of piperazine rings is 1. The van der Waals surface area contributed by atoms with E-state index in [0.717, 1.165) is 8.61 Å². The van der Waals surface area contributed by atoms with Crippen LogP contribution in [0.25, 0.3) is 0 Å². The Balaban J connectivity index is 1.68. The van der Waals surface area contributed by atoms with Gasteiger partial charge in [-0.25, -0.2) is 16.8 Å². The molecule has 8 nitrogen and oxygen atoms in total. The number of rotatable bonds is 6. The molecule has 1 saturated heterocycles. The number of para-hydroxylation sites is 1. The van der Waals surface area contributed by atoms with Crippen LogP contribution in [-0.2, 0) is 24.8 Å². The number of carbonyl (C=O) groups is 1. The number of nitrogens with zero attached hydrogens (tertiary/aromatic N) is 2. The molecule has 3 aromatic rings. The van der Waals surface area contributed by atoms with Crippen molar-refractivity contribution in [3.05, 3.63) is 91.0 Å². The molecule has 10 heteroatoms. The number of sulfonamides is 2. The van der Waals surface area contributed by atoms with Crippen LogP contribution in [0.5, 0.6) is 0 Å². The van der Waals surface area contributed by atoms with Gasteiger partial charge in [0.2, 0.25) is 26.0 Å². The molecule has 0 saturated carbocycles. The van der Waals surface area contributed by atoms with E-state index in [9.17, 15) is 21.6 Å². The summed E-state index contributed by atoms with van der Waals surface area (Å²) < 4.78 is 55.3. The van der Waals surface area contributed by atoms with Gasteiger partial charge < -0.3 is 5.32 Å². The zero-order valence-corrected chi connectivity index (χ0v) is 19.2. The summed E-state index contributed by atoms with van der Waals surface area (Å²) in [4.78, 5) is 13.4. The van der Waals surface area contributed by atoms with Gasteiger partial charge in [0.25, 0.3) is 0 Å². The molecule has 4 rings (SSSR count). The van der Waals surface area contributed by atoms with Gasteiger partial charge in [0, 0.05) is 25.3 Å². The van der Waals surface area contributed by atoms with E-state index in [2.05, 4.69) is 5.32 Å². The van der Waals surface area contributed by atoms with E-state index < -0.39 is 32.0 Å². The molecular weight excluding hydrogens is 462 g/mol. The van der Waals surface area contributed by atoms with Gasteiger partial charge in [-0.3, -0.25) is 4.79 Å². The lowest BCUT2D eigenvalue weighted by atomic mass is 10.2. The number of benzene rings is 3. The summed E-state index contributed by atoms with van der Waals surface area (Å²) in [6, 6.07) is 23.1. The summed E-state index contributed by atoms with van der Waals surface area (Å²) in [5.74, 6) is -0.603. The first-order valence-electron chi connectivity index (χ1n) is 10.3. The lowest BCUT2D eigenvalue weighted by molar-refractivity contribution is -0.120. The number of carbonyl (C=O) groups excluding carboxylic acids is 1. The van der Waals surface area contributed by atoms with Crippen molar-refractivity contribution in [3.63, 3.8) is 0 Å². The van der Waals surface area contributed by atoms with Gasteiger partial charge >= 0.3 is 0 Å². The largest absolute Gasteiger partial charge is 0.325 e. The van der Waals surface area contributed by atoms with E-state index in [0.29, 0.717) is 5.69 Å². The molecular formula is C23H23N3O5S2. The maximum atomic E-state index is 13.4. The summed E-state index contributed by atoms with van der Waals surface area (Å²) in [6.07, 6.45) is 0. The molecule has 0 unspecified atom stereocenters. The first-order chi connectivity index (χ1) is 15.8. The Labute approximate surface area is 193 Å². The molecule has 0 bridgehead atoms. The maximum absolute atomic E-state index is 13.4. The standard InChI is InChI=1S/C23H23N3O5S2/c27-23(24-19-10-4-1-5-11-19)22-18-25(32(28,29)20-12-6-2-7-13-20)16-17-26(22)33(30,31)21-14-8-3-9-15-21/h1-15,22H,16-18H2,(H,24,27)/t22-/m0/s1. The van der Waals surface area contributed by atoms with Crippen LogP contribution in [0, 0.1) is 0 Å². The summed E-state index contributed by atoms with van der Waals surface area (Å²) in [6.45, 7) is -0.531. The highest BCUT2D eigenvalue weighted by Gasteiger charge is 2.43. The van der Waals surface area contributed by atoms with Crippen molar-refractivity contribution < 1.29 is 21.6 Å². The monoisotopic (exact) mass is 485 g/mol. The Hall–Kier alpha value is -3.05. The second kappa shape index (κ2) is 9.44. The Kier molecular flexibility index (Phi) is 6.61. The normalized spacial score (nSPS) is 18.0. The van der Waals surface area contributed by atoms with E-state index in [1.54, 1.807) is 66.7 Å². The molecule has 1 atom stereocenters. The summed E-state index contributed by atoms with van der Waals surface area (Å²) >= 11 is 0. The van der Waals surface area contributed by atoms with E-state index in [4.69, 9.17) is 0 Å². The molecule has 0 aliphatic carbocycles. The van der Waals surface area contributed by atoms with E-state index in [1.807, 2.05) is 0 Å². The molecule has 1 heterocycles. The van der Waals surface area contributed by atoms with Gasteiger partial charge in [-0.1, -0.05) is 54.6 Å². The van der Waals surface area contributed by atoms with Gasteiger partial charge in [-0.05, 0) is 36.4 Å². The molecule has 33 heavy (non-hydrogen) atoms. The van der Waals surface area contributed by atoms with Crippen molar-refractivity contribution >= 4 is 31.6 Å². The third-order valence-corrected chi connectivity index (χ3v) is 9.17. The lowest BCUT2D eigenvalue weighted by Crippen LogP contribution is -2.60. The first-order valence-corrected chi connectivity index (χ1v) is 13.2. The average molecular weight is 486 g/mol. The fourth-order valence-corrected chi connectivity index (χ4v) is 6.73. The van der Waals surface area contributed by atoms with Gasteiger partial charge in [0.1, 0.15) is 6.04 Å². The number of hydrogen-bond donors (Lipinski definition) is 1. The Morgan fingerprint density at radius 1 is 0.697 bits per heavy atom. The smallest absolute Gasteiger partial charge is 0.244 e. The predicted octanol–water partition coefficient (Wildman–Crippen LogP) is 2.39. The van der Waals surface area contributed by atoms with Gasteiger partial charge in [-0.15, -0.1) is 0 Å². The van der Waals surface area contributed by atoms with Crippen molar-refractivity contribution in [3.8, 4) is 0 Å². The predicted molar refractivity (Wildman–Crippen MR) is 124 cm³/mol. The molecule has 1 N–H and O–H groups in total. The van der Waals surface area contributed by atoms with Crippen LogP contribution < -0.4 is 5.32 Å². The third-order valence-electron chi connectivity index (χ3n) is 5.37. The molecule has 0 spiro atoms. The molecule has 1 fully saturated rings. The van der Waals surface area contributed by atoms with Gasteiger partial charge in [0.05, 0.1) is 9.79 Å². The van der Waals surface area contributed by atoms with Crippen molar-refractivity contribution in [2.24, 2.45) is 0 Å². The third kappa shape index (κ3) is 4.83. The number of anilines is 1. The Bertz CT molecular complexity index is 1320. The second-order valence-electron chi connectivity index (χ2n) is 7.48. The Morgan fingerprint density at radius 2 is 1.18 bits per heavy atom. The lowest BCUT2D eigenvalue weighted by Gasteiger charge is -2.38. The van der Waals surface area contributed by atoms with E-state index >= 15 is 0 Å². The Morgan fingerprint density at radius 3 is 1.73 bits per heavy atom. The summed E-state index contributed by atoms with van der Waals surface area (Å²) in [5.41, 5.74) is 0.489. The van der Waals surface area contributed by atoms with E-state index in [1.165, 1.54) is 24.3 Å². The van der Waals surface area contributed by atoms with Crippen molar-refractivity contribution in [1.29, 1.82) is 0 Å². The highest BCUT2D eigenvalue weighted by atomic mass is 32.2. The fourth-order valence-electron chi connectivity index (χ4n) is 3.68. The minimum absolute atomic E-state index is 0.0434. The second-order valence-corrected chi connectivity index (χ2v) is 11.3. The minimum Gasteiger partial charge on any atom is -0.325 e. The quantitative estimate of drug-likeness (QED) is 0.577. The number of nitrogens with one attached hydrogen (secondary N) is 1. The van der Waals surface area contributed by atoms with Gasteiger partial charge in [-0.2, -0.15) is 8.61 Å². The summed E-state index contributed by atoms with van der Waals surface area (Å²) in [5, 5.41) is 2.71. The molecule has 1 aliphatic rings. The summed E-state index contributed by atoms with van der Waals surface area (Å²) in [7, 11) is -7.93.